The lowest BCUT2D eigenvalue weighted by molar-refractivity contribution is -0.294. The molecule has 3 aliphatic heterocycles. The summed E-state index contributed by atoms with van der Waals surface area (Å²) in [5, 5.41) is 10.7. The topological polar surface area (TPSA) is 32.7 Å². The summed E-state index contributed by atoms with van der Waals surface area (Å²) in [5.74, 6) is 0.301. The molecule has 4 fully saturated rings. The molecular formula is C14H25NO2. The third kappa shape index (κ3) is 1.66. The van der Waals surface area contributed by atoms with E-state index in [1.807, 2.05) is 0 Å². The van der Waals surface area contributed by atoms with Crippen molar-refractivity contribution in [3.05, 3.63) is 0 Å². The fraction of sp³-hybridized carbons (Fsp3) is 1.00. The van der Waals surface area contributed by atoms with Gasteiger partial charge in [-0.3, -0.25) is 4.90 Å². The van der Waals surface area contributed by atoms with Crippen LogP contribution in [0.4, 0.5) is 0 Å². The molecule has 98 valence electrons. The van der Waals surface area contributed by atoms with Gasteiger partial charge in [0.1, 0.15) is 0 Å². The van der Waals surface area contributed by atoms with Crippen LogP contribution in [0.2, 0.25) is 0 Å². The number of likely N-dealkylation sites (tertiary alicyclic amines) is 1. The van der Waals surface area contributed by atoms with Crippen molar-refractivity contribution in [2.24, 2.45) is 5.92 Å². The van der Waals surface area contributed by atoms with E-state index in [-0.39, 0.29) is 23.3 Å². The summed E-state index contributed by atoms with van der Waals surface area (Å²) in [4.78, 5) is 2.46. The minimum absolute atomic E-state index is 0.151. The zero-order valence-electron chi connectivity index (χ0n) is 11.3. The van der Waals surface area contributed by atoms with E-state index in [2.05, 4.69) is 25.7 Å². The number of hydrogen-bond donors (Lipinski definition) is 1. The maximum absolute atomic E-state index is 10.7. The summed E-state index contributed by atoms with van der Waals surface area (Å²) in [7, 11) is 0. The molecule has 1 N–H and O–H groups in total. The second-order valence-electron chi connectivity index (χ2n) is 6.84. The molecule has 3 heteroatoms. The van der Waals surface area contributed by atoms with Gasteiger partial charge in [0, 0.05) is 5.92 Å². The van der Waals surface area contributed by atoms with Gasteiger partial charge in [0.2, 0.25) is 0 Å². The van der Waals surface area contributed by atoms with Crippen LogP contribution in [0.5, 0.6) is 0 Å². The normalized spacial score (nSPS) is 49.8. The molecule has 0 amide bonds. The van der Waals surface area contributed by atoms with Gasteiger partial charge in [-0.2, -0.15) is 0 Å². The van der Waals surface area contributed by atoms with Crippen LogP contribution in [0.15, 0.2) is 0 Å². The van der Waals surface area contributed by atoms with Gasteiger partial charge in [-0.15, -0.1) is 0 Å². The molecule has 4 rings (SSSR count). The van der Waals surface area contributed by atoms with Gasteiger partial charge in [0.25, 0.3) is 0 Å². The van der Waals surface area contributed by atoms with Gasteiger partial charge in [-0.05, 0) is 59.5 Å². The third-order valence-electron chi connectivity index (χ3n) is 5.24. The van der Waals surface area contributed by atoms with Crippen molar-refractivity contribution in [1.82, 2.24) is 4.90 Å². The molecule has 4 atom stereocenters. The lowest BCUT2D eigenvalue weighted by atomic mass is 9.64. The van der Waals surface area contributed by atoms with E-state index in [1.54, 1.807) is 0 Å². The van der Waals surface area contributed by atoms with E-state index in [0.29, 0.717) is 5.92 Å². The van der Waals surface area contributed by atoms with Gasteiger partial charge >= 0.3 is 0 Å². The number of nitrogens with zero attached hydrogens (tertiary/aromatic N) is 1. The minimum atomic E-state index is -0.212. The number of rotatable bonds is 1. The number of ether oxygens (including phenoxy) is 1. The van der Waals surface area contributed by atoms with Crippen molar-refractivity contribution in [2.45, 2.75) is 69.8 Å². The molecule has 3 saturated heterocycles. The number of hydrogen-bond acceptors (Lipinski definition) is 3. The highest BCUT2D eigenvalue weighted by Crippen LogP contribution is 2.51. The standard InChI is InChI=1S/C14H25NO2/c1-13(2)10-6-7-14(3,17-13)12(11(10)16)15-8-4-5-9-15/h10-12,16H,4-9H2,1-3H3/t10-,11+,12+,14-/m1/s1. The van der Waals surface area contributed by atoms with Crippen molar-refractivity contribution in [1.29, 1.82) is 0 Å². The molecule has 3 nitrogen and oxygen atoms in total. The zero-order chi connectivity index (χ0) is 12.3. The second-order valence-corrected chi connectivity index (χ2v) is 6.84. The quantitative estimate of drug-likeness (QED) is 0.757. The van der Waals surface area contributed by atoms with Crippen molar-refractivity contribution in [3.8, 4) is 0 Å². The molecule has 17 heavy (non-hydrogen) atoms. The molecular weight excluding hydrogens is 214 g/mol. The van der Waals surface area contributed by atoms with E-state index < -0.39 is 0 Å². The van der Waals surface area contributed by atoms with Gasteiger partial charge in [-0.25, -0.2) is 0 Å². The smallest absolute Gasteiger partial charge is 0.0841 e. The molecule has 0 unspecified atom stereocenters. The van der Waals surface area contributed by atoms with Crippen LogP contribution < -0.4 is 0 Å². The Morgan fingerprint density at radius 3 is 2.35 bits per heavy atom. The third-order valence-corrected chi connectivity index (χ3v) is 5.24. The fourth-order valence-corrected chi connectivity index (χ4v) is 4.51. The molecule has 0 aromatic heterocycles. The average Bonchev–Trinajstić information content (AvgIpc) is 2.67. The molecule has 3 heterocycles. The van der Waals surface area contributed by atoms with Crippen molar-refractivity contribution in [2.75, 3.05) is 13.1 Å². The summed E-state index contributed by atoms with van der Waals surface area (Å²) in [6.45, 7) is 8.75. The Balaban J connectivity index is 1.90. The first kappa shape index (κ1) is 11.9. The fourth-order valence-electron chi connectivity index (χ4n) is 4.51. The highest BCUT2D eigenvalue weighted by Gasteiger charge is 2.60. The first-order chi connectivity index (χ1) is 7.94. The SMILES string of the molecule is CC1(C)O[C@]2(C)CC[C@@H]1[C@H](O)[C@@H]2N1CCCC1. The summed E-state index contributed by atoms with van der Waals surface area (Å²) < 4.78 is 6.35. The zero-order valence-corrected chi connectivity index (χ0v) is 11.3. The monoisotopic (exact) mass is 239 g/mol. The Labute approximate surface area is 104 Å². The Hall–Kier alpha value is -0.120. The largest absolute Gasteiger partial charge is 0.391 e. The molecule has 1 aliphatic carbocycles. The predicted octanol–water partition coefficient (Wildman–Crippen LogP) is 1.79. The van der Waals surface area contributed by atoms with Crippen LogP contribution in [0, 0.1) is 5.92 Å². The van der Waals surface area contributed by atoms with Crippen molar-refractivity contribution >= 4 is 0 Å². The first-order valence-electron chi connectivity index (χ1n) is 7.06. The van der Waals surface area contributed by atoms with Gasteiger partial charge in [0.05, 0.1) is 23.3 Å². The van der Waals surface area contributed by atoms with Crippen LogP contribution in [-0.4, -0.2) is 46.4 Å². The first-order valence-corrected chi connectivity index (χ1v) is 7.06. The summed E-state index contributed by atoms with van der Waals surface area (Å²) in [5.41, 5.74) is -0.315. The lowest BCUT2D eigenvalue weighted by Crippen LogP contribution is -2.72. The Bertz CT molecular complexity index is 311. The predicted molar refractivity (Wildman–Crippen MR) is 66.9 cm³/mol. The van der Waals surface area contributed by atoms with Crippen LogP contribution >= 0.6 is 0 Å². The number of aliphatic hydroxyl groups is 1. The van der Waals surface area contributed by atoms with Crippen LogP contribution in [0.25, 0.3) is 0 Å². The van der Waals surface area contributed by atoms with E-state index >= 15 is 0 Å². The maximum Gasteiger partial charge on any atom is 0.0841 e. The van der Waals surface area contributed by atoms with Crippen molar-refractivity contribution < 1.29 is 9.84 Å². The summed E-state index contributed by atoms with van der Waals surface area (Å²) in [6, 6.07) is 0.219. The average molecular weight is 239 g/mol. The van der Waals surface area contributed by atoms with Crippen LogP contribution in [0.3, 0.4) is 0 Å². The summed E-state index contributed by atoms with van der Waals surface area (Å²) >= 11 is 0. The van der Waals surface area contributed by atoms with Crippen LogP contribution in [0.1, 0.15) is 46.5 Å². The minimum Gasteiger partial charge on any atom is -0.391 e. The second kappa shape index (κ2) is 3.69. The van der Waals surface area contributed by atoms with E-state index in [4.69, 9.17) is 4.74 Å². The van der Waals surface area contributed by atoms with Gasteiger partial charge in [0.15, 0.2) is 0 Å². The van der Waals surface area contributed by atoms with Crippen LogP contribution in [-0.2, 0) is 4.74 Å². The molecule has 0 radical (unpaired) electrons. The molecule has 2 bridgehead atoms. The van der Waals surface area contributed by atoms with E-state index in [0.717, 1.165) is 25.9 Å². The Morgan fingerprint density at radius 2 is 1.82 bits per heavy atom. The van der Waals surface area contributed by atoms with Gasteiger partial charge in [-0.1, -0.05) is 0 Å². The van der Waals surface area contributed by atoms with E-state index in [1.165, 1.54) is 12.8 Å². The molecule has 4 aliphatic rings. The lowest BCUT2D eigenvalue weighted by Gasteiger charge is -2.61. The number of fused-ring (bicyclic) bond motifs is 3. The molecule has 0 spiro atoms. The Kier molecular flexibility index (Phi) is 2.59. The number of aliphatic hydroxyl groups excluding tert-OH is 1. The highest BCUT2D eigenvalue weighted by atomic mass is 16.5. The van der Waals surface area contributed by atoms with E-state index in [9.17, 15) is 5.11 Å². The molecule has 0 aromatic rings. The van der Waals surface area contributed by atoms with Gasteiger partial charge < -0.3 is 9.84 Å². The summed E-state index contributed by atoms with van der Waals surface area (Å²) in [6.07, 6.45) is 4.53. The maximum atomic E-state index is 10.7. The highest BCUT2D eigenvalue weighted by molar-refractivity contribution is 5.11. The van der Waals surface area contributed by atoms with Crippen molar-refractivity contribution in [3.63, 3.8) is 0 Å². The molecule has 1 saturated carbocycles. The molecule has 0 aromatic carbocycles. The Morgan fingerprint density at radius 1 is 1.18 bits per heavy atom.